The van der Waals surface area contributed by atoms with E-state index in [1.807, 2.05) is 24.3 Å². The van der Waals surface area contributed by atoms with E-state index < -0.39 is 11.7 Å². The third kappa shape index (κ3) is 3.64. The molecule has 1 aromatic heterocycles. The number of piperazine rings is 1. The highest BCUT2D eigenvalue weighted by Crippen LogP contribution is 2.34. The zero-order valence-corrected chi connectivity index (χ0v) is 13.4. The highest BCUT2D eigenvalue weighted by Gasteiger charge is 2.31. The number of benzene rings is 1. The van der Waals surface area contributed by atoms with Gasteiger partial charge in [0.15, 0.2) is 0 Å². The SMILES string of the molecule is Cn1cc(CN2CCN(c3ccc(C(F)(F)F)cc3N)CC2)cn1. The molecule has 2 heterocycles. The number of nitrogens with zero attached hydrogens (tertiary/aromatic N) is 4. The summed E-state index contributed by atoms with van der Waals surface area (Å²) in [6.07, 6.45) is -0.532. The second kappa shape index (κ2) is 6.35. The van der Waals surface area contributed by atoms with Gasteiger partial charge in [0.1, 0.15) is 0 Å². The second-order valence-electron chi connectivity index (χ2n) is 6.06. The van der Waals surface area contributed by atoms with E-state index in [1.54, 1.807) is 4.68 Å². The van der Waals surface area contributed by atoms with Crippen molar-refractivity contribution in [2.45, 2.75) is 12.7 Å². The van der Waals surface area contributed by atoms with Crippen LogP contribution in [0.5, 0.6) is 0 Å². The van der Waals surface area contributed by atoms with Crippen LogP contribution in [0.4, 0.5) is 24.5 Å². The van der Waals surface area contributed by atoms with Crippen LogP contribution in [0, 0.1) is 0 Å². The Kier molecular flexibility index (Phi) is 4.40. The van der Waals surface area contributed by atoms with Gasteiger partial charge >= 0.3 is 6.18 Å². The van der Waals surface area contributed by atoms with E-state index in [9.17, 15) is 13.2 Å². The minimum Gasteiger partial charge on any atom is -0.397 e. The van der Waals surface area contributed by atoms with Crippen LogP contribution in [0.15, 0.2) is 30.6 Å². The summed E-state index contributed by atoms with van der Waals surface area (Å²) in [6.45, 7) is 3.94. The van der Waals surface area contributed by atoms with E-state index in [4.69, 9.17) is 5.73 Å². The van der Waals surface area contributed by atoms with E-state index >= 15 is 0 Å². The fraction of sp³-hybridized carbons (Fsp3) is 0.438. The zero-order valence-electron chi connectivity index (χ0n) is 13.4. The van der Waals surface area contributed by atoms with Crippen molar-refractivity contribution < 1.29 is 13.2 Å². The molecule has 130 valence electrons. The molecule has 0 unspecified atom stereocenters. The molecular formula is C16H20F3N5. The Morgan fingerprint density at radius 2 is 1.88 bits per heavy atom. The summed E-state index contributed by atoms with van der Waals surface area (Å²) in [6, 6.07) is 3.57. The lowest BCUT2D eigenvalue weighted by molar-refractivity contribution is -0.137. The van der Waals surface area contributed by atoms with Crippen molar-refractivity contribution in [1.82, 2.24) is 14.7 Å². The van der Waals surface area contributed by atoms with E-state index in [1.165, 1.54) is 6.07 Å². The van der Waals surface area contributed by atoms with Gasteiger partial charge in [-0.2, -0.15) is 18.3 Å². The normalized spacial score (nSPS) is 16.6. The van der Waals surface area contributed by atoms with Gasteiger partial charge in [-0.25, -0.2) is 0 Å². The first kappa shape index (κ1) is 16.6. The molecule has 5 nitrogen and oxygen atoms in total. The van der Waals surface area contributed by atoms with Crippen LogP contribution in [0.2, 0.25) is 0 Å². The highest BCUT2D eigenvalue weighted by molar-refractivity contribution is 5.69. The summed E-state index contributed by atoms with van der Waals surface area (Å²) >= 11 is 0. The molecule has 0 atom stereocenters. The molecule has 0 saturated carbocycles. The number of rotatable bonds is 3. The molecule has 0 amide bonds. The first-order chi connectivity index (χ1) is 11.3. The molecule has 0 radical (unpaired) electrons. The number of hydrogen-bond donors (Lipinski definition) is 1. The lowest BCUT2D eigenvalue weighted by atomic mass is 10.1. The Hall–Kier alpha value is -2.22. The summed E-state index contributed by atoms with van der Waals surface area (Å²) in [4.78, 5) is 4.34. The Morgan fingerprint density at radius 1 is 1.17 bits per heavy atom. The fourth-order valence-electron chi connectivity index (χ4n) is 2.98. The van der Waals surface area contributed by atoms with Crippen molar-refractivity contribution in [2.75, 3.05) is 36.8 Å². The molecule has 0 spiro atoms. The maximum atomic E-state index is 12.7. The summed E-state index contributed by atoms with van der Waals surface area (Å²) in [5.41, 5.74) is 7.13. The Bertz CT molecular complexity index is 702. The number of nitrogen functional groups attached to an aromatic ring is 1. The van der Waals surface area contributed by atoms with Crippen LogP contribution in [0.25, 0.3) is 0 Å². The van der Waals surface area contributed by atoms with Crippen molar-refractivity contribution in [1.29, 1.82) is 0 Å². The highest BCUT2D eigenvalue weighted by atomic mass is 19.4. The van der Waals surface area contributed by atoms with E-state index in [-0.39, 0.29) is 5.69 Å². The molecular weight excluding hydrogens is 319 g/mol. The van der Waals surface area contributed by atoms with Gasteiger partial charge in [0.2, 0.25) is 0 Å². The van der Waals surface area contributed by atoms with Crippen LogP contribution in [0.1, 0.15) is 11.1 Å². The average Bonchev–Trinajstić information content (AvgIpc) is 2.92. The smallest absolute Gasteiger partial charge is 0.397 e. The van der Waals surface area contributed by atoms with Crippen molar-refractivity contribution in [3.63, 3.8) is 0 Å². The molecule has 3 rings (SSSR count). The minimum absolute atomic E-state index is 0.172. The summed E-state index contributed by atoms with van der Waals surface area (Å²) in [5.74, 6) is 0. The van der Waals surface area contributed by atoms with Gasteiger partial charge in [-0.1, -0.05) is 0 Å². The maximum absolute atomic E-state index is 12.7. The van der Waals surface area contributed by atoms with Crippen molar-refractivity contribution >= 4 is 11.4 Å². The lowest BCUT2D eigenvalue weighted by Crippen LogP contribution is -2.46. The van der Waals surface area contributed by atoms with E-state index in [2.05, 4.69) is 10.00 Å². The number of alkyl halides is 3. The predicted molar refractivity (Wildman–Crippen MR) is 86.6 cm³/mol. The molecule has 0 aliphatic carbocycles. The standard InChI is InChI=1S/C16H20F3N5/c1-22-10-12(9-21-22)11-23-4-6-24(7-5-23)15-3-2-13(8-14(15)20)16(17,18)19/h2-3,8-10H,4-7,11,20H2,1H3. The Balaban J connectivity index is 1.62. The summed E-state index contributed by atoms with van der Waals surface area (Å²) in [5, 5.41) is 4.16. The van der Waals surface area contributed by atoms with Crippen molar-refractivity contribution in [2.24, 2.45) is 7.05 Å². The maximum Gasteiger partial charge on any atom is 0.416 e. The monoisotopic (exact) mass is 339 g/mol. The number of hydrogen-bond acceptors (Lipinski definition) is 4. The predicted octanol–water partition coefficient (Wildman–Crippen LogP) is 2.34. The average molecular weight is 339 g/mol. The van der Waals surface area contributed by atoms with Crippen molar-refractivity contribution in [3.05, 3.63) is 41.7 Å². The van der Waals surface area contributed by atoms with Crippen LogP contribution in [0.3, 0.4) is 0 Å². The molecule has 2 aromatic rings. The van der Waals surface area contributed by atoms with Crippen LogP contribution >= 0.6 is 0 Å². The number of halogens is 3. The minimum atomic E-state index is -4.37. The first-order valence-corrected chi connectivity index (χ1v) is 7.74. The topological polar surface area (TPSA) is 50.3 Å². The quantitative estimate of drug-likeness (QED) is 0.872. The molecule has 24 heavy (non-hydrogen) atoms. The largest absolute Gasteiger partial charge is 0.416 e. The first-order valence-electron chi connectivity index (χ1n) is 7.74. The Labute approximate surface area is 138 Å². The lowest BCUT2D eigenvalue weighted by Gasteiger charge is -2.36. The number of aryl methyl sites for hydroxylation is 1. The van der Waals surface area contributed by atoms with Crippen LogP contribution in [-0.2, 0) is 19.8 Å². The van der Waals surface area contributed by atoms with Crippen LogP contribution in [-0.4, -0.2) is 40.9 Å². The van der Waals surface area contributed by atoms with E-state index in [0.717, 1.165) is 50.4 Å². The molecule has 1 aromatic carbocycles. The molecule has 1 aliphatic heterocycles. The summed E-state index contributed by atoms with van der Waals surface area (Å²) in [7, 11) is 1.88. The molecule has 2 N–H and O–H groups in total. The molecule has 0 bridgehead atoms. The van der Waals surface area contributed by atoms with E-state index in [0.29, 0.717) is 5.69 Å². The number of nitrogens with two attached hydrogens (primary N) is 1. The van der Waals surface area contributed by atoms with Gasteiger partial charge in [0, 0.05) is 51.5 Å². The van der Waals surface area contributed by atoms with Gasteiger partial charge in [0.05, 0.1) is 23.1 Å². The number of aromatic nitrogens is 2. The van der Waals surface area contributed by atoms with Crippen LogP contribution < -0.4 is 10.6 Å². The summed E-state index contributed by atoms with van der Waals surface area (Å²) < 4.78 is 39.9. The fourth-order valence-corrected chi connectivity index (χ4v) is 2.98. The molecule has 1 saturated heterocycles. The number of anilines is 2. The van der Waals surface area contributed by atoms with Crippen molar-refractivity contribution in [3.8, 4) is 0 Å². The second-order valence-corrected chi connectivity index (χ2v) is 6.06. The van der Waals surface area contributed by atoms with Gasteiger partial charge in [0.25, 0.3) is 0 Å². The molecule has 1 fully saturated rings. The zero-order chi connectivity index (χ0) is 17.3. The Morgan fingerprint density at radius 3 is 2.42 bits per heavy atom. The molecule has 8 heteroatoms. The van der Waals surface area contributed by atoms with Gasteiger partial charge in [-0.05, 0) is 18.2 Å². The van der Waals surface area contributed by atoms with Gasteiger partial charge < -0.3 is 10.6 Å². The third-order valence-electron chi connectivity index (χ3n) is 4.23. The molecule has 1 aliphatic rings. The van der Waals surface area contributed by atoms with Gasteiger partial charge in [-0.3, -0.25) is 9.58 Å². The third-order valence-corrected chi connectivity index (χ3v) is 4.23. The van der Waals surface area contributed by atoms with Gasteiger partial charge in [-0.15, -0.1) is 0 Å².